The lowest BCUT2D eigenvalue weighted by molar-refractivity contribution is -0.131. The van der Waals surface area contributed by atoms with Crippen molar-refractivity contribution in [3.63, 3.8) is 0 Å². The first-order valence-electron chi connectivity index (χ1n) is 6.86. The molecule has 0 aliphatic carbocycles. The molecular formula is C13H28N4OS. The lowest BCUT2D eigenvalue weighted by Gasteiger charge is -2.25. The highest BCUT2D eigenvalue weighted by molar-refractivity contribution is 7.98. The summed E-state index contributed by atoms with van der Waals surface area (Å²) in [5, 5.41) is 3.22. The fourth-order valence-electron chi connectivity index (χ4n) is 1.67. The van der Waals surface area contributed by atoms with E-state index in [0.29, 0.717) is 6.54 Å². The van der Waals surface area contributed by atoms with Crippen LogP contribution in [-0.2, 0) is 4.79 Å². The summed E-state index contributed by atoms with van der Waals surface area (Å²) in [6, 6.07) is 0. The van der Waals surface area contributed by atoms with Gasteiger partial charge in [0.2, 0.25) is 5.91 Å². The van der Waals surface area contributed by atoms with Gasteiger partial charge in [0, 0.05) is 32.4 Å². The second-order valence-electron chi connectivity index (χ2n) is 4.15. The molecule has 0 aromatic rings. The van der Waals surface area contributed by atoms with Crippen LogP contribution < -0.4 is 5.32 Å². The van der Waals surface area contributed by atoms with Gasteiger partial charge >= 0.3 is 0 Å². The molecule has 112 valence electrons. The van der Waals surface area contributed by atoms with E-state index >= 15 is 0 Å². The molecule has 0 spiro atoms. The molecule has 0 atom stereocenters. The van der Waals surface area contributed by atoms with E-state index in [1.807, 2.05) is 37.6 Å². The molecule has 5 nitrogen and oxygen atoms in total. The minimum atomic E-state index is 0.142. The minimum Gasteiger partial charge on any atom is -0.357 e. The Balaban J connectivity index is 4.50. The molecule has 1 amide bonds. The van der Waals surface area contributed by atoms with Gasteiger partial charge in [0.15, 0.2) is 5.96 Å². The second-order valence-corrected chi connectivity index (χ2v) is 5.14. The maximum atomic E-state index is 12.1. The van der Waals surface area contributed by atoms with Gasteiger partial charge in [-0.25, -0.2) is 0 Å². The molecule has 19 heavy (non-hydrogen) atoms. The third kappa shape index (κ3) is 7.30. The third-order valence-corrected chi connectivity index (χ3v) is 3.33. The van der Waals surface area contributed by atoms with Crippen LogP contribution >= 0.6 is 11.8 Å². The molecule has 0 aliphatic rings. The number of hydrogen-bond acceptors (Lipinski definition) is 3. The second kappa shape index (κ2) is 11.0. The average Bonchev–Trinajstić information content (AvgIpc) is 2.39. The highest BCUT2D eigenvalue weighted by Gasteiger charge is 2.14. The summed E-state index contributed by atoms with van der Waals surface area (Å²) in [6.45, 7) is 9.48. The summed E-state index contributed by atoms with van der Waals surface area (Å²) < 4.78 is 0. The van der Waals surface area contributed by atoms with Gasteiger partial charge in [-0.2, -0.15) is 11.8 Å². The first-order valence-corrected chi connectivity index (χ1v) is 8.26. The van der Waals surface area contributed by atoms with Gasteiger partial charge in [-0.15, -0.1) is 0 Å². The maximum Gasteiger partial charge on any atom is 0.242 e. The van der Waals surface area contributed by atoms with Gasteiger partial charge in [-0.3, -0.25) is 9.79 Å². The van der Waals surface area contributed by atoms with Gasteiger partial charge in [-0.1, -0.05) is 0 Å². The van der Waals surface area contributed by atoms with E-state index in [9.17, 15) is 4.79 Å². The van der Waals surface area contributed by atoms with Crippen molar-refractivity contribution in [1.29, 1.82) is 0 Å². The van der Waals surface area contributed by atoms with Crippen molar-refractivity contribution in [2.75, 3.05) is 51.8 Å². The summed E-state index contributed by atoms with van der Waals surface area (Å²) in [4.78, 5) is 20.3. The molecule has 6 heteroatoms. The smallest absolute Gasteiger partial charge is 0.242 e. The maximum absolute atomic E-state index is 12.1. The predicted octanol–water partition coefficient (Wildman–Crippen LogP) is 1.12. The van der Waals surface area contributed by atoms with Gasteiger partial charge in [0.25, 0.3) is 0 Å². The van der Waals surface area contributed by atoms with Crippen molar-refractivity contribution < 1.29 is 4.79 Å². The normalized spacial score (nSPS) is 11.3. The zero-order valence-corrected chi connectivity index (χ0v) is 13.7. The van der Waals surface area contributed by atoms with E-state index in [-0.39, 0.29) is 5.91 Å². The number of aliphatic imine (C=N–C) groups is 1. The predicted molar refractivity (Wildman–Crippen MR) is 84.9 cm³/mol. The van der Waals surface area contributed by atoms with E-state index in [1.165, 1.54) is 0 Å². The van der Waals surface area contributed by atoms with Crippen LogP contribution in [-0.4, -0.2) is 73.4 Å². The number of carbonyl (C=O) groups is 1. The van der Waals surface area contributed by atoms with Crippen molar-refractivity contribution in [3.05, 3.63) is 0 Å². The fraction of sp³-hybridized carbons (Fsp3) is 0.846. The number of amides is 1. The van der Waals surface area contributed by atoms with Crippen LogP contribution in [0.1, 0.15) is 20.8 Å². The minimum absolute atomic E-state index is 0.142. The molecule has 0 aromatic carbocycles. The van der Waals surface area contributed by atoms with Crippen molar-refractivity contribution in [1.82, 2.24) is 15.1 Å². The van der Waals surface area contributed by atoms with Crippen molar-refractivity contribution in [2.24, 2.45) is 4.99 Å². The Morgan fingerprint density at radius 3 is 2.37 bits per heavy atom. The average molecular weight is 288 g/mol. The summed E-state index contributed by atoms with van der Waals surface area (Å²) in [5.74, 6) is 1.94. The van der Waals surface area contributed by atoms with Crippen LogP contribution in [0.15, 0.2) is 4.99 Å². The number of guanidine groups is 1. The molecule has 0 saturated carbocycles. The van der Waals surface area contributed by atoms with Crippen molar-refractivity contribution in [2.45, 2.75) is 20.8 Å². The number of nitrogens with one attached hydrogen (secondary N) is 1. The van der Waals surface area contributed by atoms with Crippen LogP contribution in [0.3, 0.4) is 0 Å². The summed E-state index contributed by atoms with van der Waals surface area (Å²) >= 11 is 1.77. The SMILES string of the molecule is CCNC(=NCCSC)N(C)CC(=O)N(CC)CC. The molecule has 0 bridgehead atoms. The Bertz CT molecular complexity index is 280. The van der Waals surface area contributed by atoms with Crippen LogP contribution in [0.5, 0.6) is 0 Å². The number of nitrogens with zero attached hydrogens (tertiary/aromatic N) is 3. The first-order chi connectivity index (χ1) is 9.10. The highest BCUT2D eigenvalue weighted by Crippen LogP contribution is 1.95. The third-order valence-electron chi connectivity index (χ3n) is 2.74. The standard InChI is InChI=1S/C13H28N4OS/c1-6-14-13(15-9-10-19-5)16(4)11-12(18)17(7-2)8-3/h6-11H2,1-5H3,(H,14,15). The molecule has 0 aliphatic heterocycles. The van der Waals surface area contributed by atoms with Gasteiger partial charge in [0.05, 0.1) is 13.1 Å². The van der Waals surface area contributed by atoms with Crippen molar-refractivity contribution in [3.8, 4) is 0 Å². The van der Waals surface area contributed by atoms with Gasteiger partial charge in [0.1, 0.15) is 0 Å². The van der Waals surface area contributed by atoms with Gasteiger partial charge in [-0.05, 0) is 27.0 Å². The molecule has 0 rings (SSSR count). The Morgan fingerprint density at radius 2 is 1.89 bits per heavy atom. The molecule has 0 fully saturated rings. The summed E-state index contributed by atoms with van der Waals surface area (Å²) in [7, 11) is 1.90. The van der Waals surface area contributed by atoms with E-state index in [2.05, 4.69) is 16.6 Å². The molecule has 0 radical (unpaired) electrons. The van der Waals surface area contributed by atoms with Crippen molar-refractivity contribution >= 4 is 23.6 Å². The Morgan fingerprint density at radius 1 is 1.26 bits per heavy atom. The first kappa shape index (κ1) is 18.1. The Labute approximate surface area is 121 Å². The van der Waals surface area contributed by atoms with Crippen LogP contribution in [0.4, 0.5) is 0 Å². The Hall–Kier alpha value is -0.910. The molecule has 0 heterocycles. The number of rotatable bonds is 8. The Kier molecular flexibility index (Phi) is 10.4. The fourth-order valence-corrected chi connectivity index (χ4v) is 1.94. The lowest BCUT2D eigenvalue weighted by atomic mass is 10.4. The topological polar surface area (TPSA) is 47.9 Å². The molecular weight excluding hydrogens is 260 g/mol. The number of hydrogen-bond donors (Lipinski definition) is 1. The zero-order chi connectivity index (χ0) is 14.7. The van der Waals surface area contributed by atoms with Crippen LogP contribution in [0.2, 0.25) is 0 Å². The quantitative estimate of drug-likeness (QED) is 0.413. The largest absolute Gasteiger partial charge is 0.357 e. The molecule has 1 N–H and O–H groups in total. The van der Waals surface area contributed by atoms with Crippen LogP contribution in [0, 0.1) is 0 Å². The van der Waals surface area contributed by atoms with Crippen LogP contribution in [0.25, 0.3) is 0 Å². The molecule has 0 saturated heterocycles. The van der Waals surface area contributed by atoms with E-state index in [1.54, 1.807) is 11.8 Å². The number of thioether (sulfide) groups is 1. The molecule has 0 unspecified atom stereocenters. The highest BCUT2D eigenvalue weighted by atomic mass is 32.2. The number of carbonyl (C=O) groups excluding carboxylic acids is 1. The molecule has 0 aromatic heterocycles. The lowest BCUT2D eigenvalue weighted by Crippen LogP contribution is -2.45. The number of likely N-dealkylation sites (N-methyl/N-ethyl adjacent to an activating group) is 2. The van der Waals surface area contributed by atoms with Gasteiger partial charge < -0.3 is 15.1 Å². The van der Waals surface area contributed by atoms with E-state index < -0.39 is 0 Å². The monoisotopic (exact) mass is 288 g/mol. The van der Waals surface area contributed by atoms with E-state index in [4.69, 9.17) is 0 Å². The zero-order valence-electron chi connectivity index (χ0n) is 12.9. The van der Waals surface area contributed by atoms with E-state index in [0.717, 1.165) is 37.9 Å². The summed E-state index contributed by atoms with van der Waals surface area (Å²) in [6.07, 6.45) is 2.07. The summed E-state index contributed by atoms with van der Waals surface area (Å²) in [5.41, 5.74) is 0.